The summed E-state index contributed by atoms with van der Waals surface area (Å²) in [5.41, 5.74) is -0.136. The van der Waals surface area contributed by atoms with E-state index in [2.05, 4.69) is 9.97 Å². The van der Waals surface area contributed by atoms with Gasteiger partial charge in [-0.05, 0) is 24.3 Å². The Morgan fingerprint density at radius 2 is 2.41 bits per heavy atom. The lowest BCUT2D eigenvalue weighted by Gasteiger charge is -2.04. The molecule has 3 rings (SSSR count). The topological polar surface area (TPSA) is 55.0 Å². The Morgan fingerprint density at radius 1 is 1.53 bits per heavy atom. The fourth-order valence-electron chi connectivity index (χ4n) is 1.62. The lowest BCUT2D eigenvalue weighted by Crippen LogP contribution is -2.11. The zero-order chi connectivity index (χ0) is 11.7. The minimum absolute atomic E-state index is 0.136. The molecule has 4 nitrogen and oxygen atoms in total. The van der Waals surface area contributed by atoms with Crippen molar-refractivity contribution in [2.75, 3.05) is 0 Å². The van der Waals surface area contributed by atoms with Gasteiger partial charge in [-0.15, -0.1) is 11.3 Å². The molecule has 1 aliphatic rings. The molecule has 0 bridgehead atoms. The number of nitrogens with zero attached hydrogens (tertiary/aromatic N) is 1. The molecule has 1 fully saturated rings. The number of aromatic amines is 1. The van der Waals surface area contributed by atoms with Crippen LogP contribution in [0.2, 0.25) is 0 Å². The van der Waals surface area contributed by atoms with Gasteiger partial charge in [0.25, 0.3) is 5.56 Å². The zero-order valence-electron chi connectivity index (χ0n) is 9.18. The SMILES string of the molecule is O=c1cc(OCc2cccs2)nc(C2CC2)[nH]1. The zero-order valence-corrected chi connectivity index (χ0v) is 10.00. The normalized spacial score (nSPS) is 14.8. The van der Waals surface area contributed by atoms with Crippen LogP contribution in [0.25, 0.3) is 0 Å². The monoisotopic (exact) mass is 248 g/mol. The molecule has 1 N–H and O–H groups in total. The van der Waals surface area contributed by atoms with E-state index >= 15 is 0 Å². The van der Waals surface area contributed by atoms with Crippen molar-refractivity contribution >= 4 is 11.3 Å². The third-order valence-corrected chi connectivity index (χ3v) is 3.49. The smallest absolute Gasteiger partial charge is 0.254 e. The number of thiophene rings is 1. The molecule has 0 atom stereocenters. The van der Waals surface area contributed by atoms with Crippen molar-refractivity contribution in [2.45, 2.75) is 25.4 Å². The molecule has 17 heavy (non-hydrogen) atoms. The van der Waals surface area contributed by atoms with Crippen molar-refractivity contribution in [3.63, 3.8) is 0 Å². The Hall–Kier alpha value is -1.62. The van der Waals surface area contributed by atoms with Crippen molar-refractivity contribution < 1.29 is 4.74 Å². The van der Waals surface area contributed by atoms with Crippen molar-refractivity contribution in [1.29, 1.82) is 0 Å². The lowest BCUT2D eigenvalue weighted by molar-refractivity contribution is 0.295. The number of aromatic nitrogens is 2. The van der Waals surface area contributed by atoms with Crippen LogP contribution >= 0.6 is 11.3 Å². The van der Waals surface area contributed by atoms with E-state index in [0.29, 0.717) is 18.4 Å². The molecule has 2 heterocycles. The van der Waals surface area contributed by atoms with Gasteiger partial charge in [0, 0.05) is 10.8 Å². The van der Waals surface area contributed by atoms with E-state index in [1.54, 1.807) is 11.3 Å². The van der Waals surface area contributed by atoms with Crippen LogP contribution in [0.4, 0.5) is 0 Å². The summed E-state index contributed by atoms with van der Waals surface area (Å²) >= 11 is 1.63. The largest absolute Gasteiger partial charge is 0.472 e. The number of ether oxygens (including phenoxy) is 1. The molecule has 0 saturated heterocycles. The minimum atomic E-state index is -0.136. The molecule has 1 aliphatic carbocycles. The van der Waals surface area contributed by atoms with Gasteiger partial charge >= 0.3 is 0 Å². The van der Waals surface area contributed by atoms with Crippen LogP contribution in [-0.2, 0) is 6.61 Å². The van der Waals surface area contributed by atoms with Crippen molar-refractivity contribution in [2.24, 2.45) is 0 Å². The molecule has 1 saturated carbocycles. The molecular formula is C12H12N2O2S. The van der Waals surface area contributed by atoms with Gasteiger partial charge in [-0.1, -0.05) is 6.07 Å². The summed E-state index contributed by atoms with van der Waals surface area (Å²) < 4.78 is 5.53. The van der Waals surface area contributed by atoms with Gasteiger partial charge in [0.2, 0.25) is 5.88 Å². The first-order valence-electron chi connectivity index (χ1n) is 5.58. The molecule has 0 spiro atoms. The Morgan fingerprint density at radius 3 is 3.12 bits per heavy atom. The van der Waals surface area contributed by atoms with Crippen LogP contribution in [-0.4, -0.2) is 9.97 Å². The lowest BCUT2D eigenvalue weighted by atomic mass is 10.4. The summed E-state index contributed by atoms with van der Waals surface area (Å²) in [5, 5.41) is 2.00. The average Bonchev–Trinajstić information content (AvgIpc) is 3.04. The third kappa shape index (κ3) is 2.55. The highest BCUT2D eigenvalue weighted by Crippen LogP contribution is 2.37. The number of hydrogen-bond donors (Lipinski definition) is 1. The Kier molecular flexibility index (Phi) is 2.68. The van der Waals surface area contributed by atoms with E-state index < -0.39 is 0 Å². The maximum atomic E-state index is 11.4. The molecule has 0 aliphatic heterocycles. The average molecular weight is 248 g/mol. The van der Waals surface area contributed by atoms with E-state index in [1.807, 2.05) is 17.5 Å². The summed E-state index contributed by atoms with van der Waals surface area (Å²) in [6, 6.07) is 5.38. The molecule has 0 radical (unpaired) electrons. The van der Waals surface area contributed by atoms with Gasteiger partial charge in [0.05, 0.1) is 6.07 Å². The summed E-state index contributed by atoms with van der Waals surface area (Å²) in [4.78, 5) is 19.6. The summed E-state index contributed by atoms with van der Waals surface area (Å²) in [7, 11) is 0. The maximum absolute atomic E-state index is 11.4. The van der Waals surface area contributed by atoms with Crippen LogP contribution in [0.15, 0.2) is 28.4 Å². The number of H-pyrrole nitrogens is 1. The van der Waals surface area contributed by atoms with Gasteiger partial charge in [-0.2, -0.15) is 4.98 Å². The molecule has 2 aromatic rings. The van der Waals surface area contributed by atoms with Crippen molar-refractivity contribution in [3.8, 4) is 5.88 Å². The first kappa shape index (κ1) is 10.5. The van der Waals surface area contributed by atoms with E-state index in [0.717, 1.165) is 23.5 Å². The van der Waals surface area contributed by atoms with Gasteiger partial charge in [0.1, 0.15) is 12.4 Å². The first-order valence-corrected chi connectivity index (χ1v) is 6.46. The second-order valence-electron chi connectivity index (χ2n) is 4.11. The van der Waals surface area contributed by atoms with Crippen LogP contribution in [0.3, 0.4) is 0 Å². The van der Waals surface area contributed by atoms with Crippen LogP contribution in [0, 0.1) is 0 Å². The summed E-state index contributed by atoms with van der Waals surface area (Å²) in [5.74, 6) is 1.61. The highest BCUT2D eigenvalue weighted by Gasteiger charge is 2.26. The first-order chi connectivity index (χ1) is 8.31. The molecule has 0 unspecified atom stereocenters. The van der Waals surface area contributed by atoms with Crippen molar-refractivity contribution in [3.05, 3.63) is 44.6 Å². The predicted octanol–water partition coefficient (Wildman–Crippen LogP) is 2.29. The molecule has 0 aromatic carbocycles. The van der Waals surface area contributed by atoms with Gasteiger partial charge < -0.3 is 9.72 Å². The van der Waals surface area contributed by atoms with Crippen LogP contribution in [0.5, 0.6) is 5.88 Å². The minimum Gasteiger partial charge on any atom is -0.472 e. The Balaban J connectivity index is 1.75. The molecule has 2 aromatic heterocycles. The number of hydrogen-bond acceptors (Lipinski definition) is 4. The van der Waals surface area contributed by atoms with Gasteiger partial charge in [-0.25, -0.2) is 0 Å². The molecular weight excluding hydrogens is 236 g/mol. The quantitative estimate of drug-likeness (QED) is 0.903. The summed E-state index contributed by atoms with van der Waals surface area (Å²) in [6.07, 6.45) is 2.22. The fraction of sp³-hybridized carbons (Fsp3) is 0.333. The second kappa shape index (κ2) is 4.33. The van der Waals surface area contributed by atoms with Crippen molar-refractivity contribution in [1.82, 2.24) is 9.97 Å². The van der Waals surface area contributed by atoms with E-state index in [-0.39, 0.29) is 5.56 Å². The van der Waals surface area contributed by atoms with Crippen LogP contribution < -0.4 is 10.3 Å². The van der Waals surface area contributed by atoms with E-state index in [1.165, 1.54) is 6.07 Å². The number of rotatable bonds is 4. The van der Waals surface area contributed by atoms with E-state index in [4.69, 9.17) is 4.74 Å². The highest BCUT2D eigenvalue weighted by molar-refractivity contribution is 7.09. The Labute approximate surface area is 102 Å². The molecule has 0 amide bonds. The van der Waals surface area contributed by atoms with Gasteiger partial charge in [-0.3, -0.25) is 4.79 Å². The third-order valence-electron chi connectivity index (χ3n) is 2.64. The van der Waals surface area contributed by atoms with Crippen LogP contribution in [0.1, 0.15) is 29.5 Å². The highest BCUT2D eigenvalue weighted by atomic mass is 32.1. The maximum Gasteiger partial charge on any atom is 0.254 e. The number of nitrogens with one attached hydrogen (secondary N) is 1. The Bertz CT molecular complexity index is 558. The summed E-state index contributed by atoms with van der Waals surface area (Å²) in [6.45, 7) is 0.470. The predicted molar refractivity (Wildman–Crippen MR) is 65.5 cm³/mol. The standard InChI is InChI=1S/C12H12N2O2S/c15-10-6-11(14-12(13-10)8-3-4-8)16-7-9-2-1-5-17-9/h1-2,5-6,8H,3-4,7H2,(H,13,14,15). The fourth-order valence-corrected chi connectivity index (χ4v) is 2.23. The molecule has 88 valence electrons. The molecule has 5 heteroatoms. The van der Waals surface area contributed by atoms with E-state index in [9.17, 15) is 4.79 Å². The van der Waals surface area contributed by atoms with Gasteiger partial charge in [0.15, 0.2) is 0 Å². The second-order valence-corrected chi connectivity index (χ2v) is 5.14.